The molecule has 0 bridgehead atoms. The topological polar surface area (TPSA) is 75.4 Å². The molecule has 2 atom stereocenters. The number of nitrogens with zero attached hydrogens (tertiary/aromatic N) is 3. The van der Waals surface area contributed by atoms with Crippen LogP contribution >= 0.6 is 0 Å². The van der Waals surface area contributed by atoms with E-state index in [9.17, 15) is 19.1 Å². The molecule has 1 fully saturated rings. The van der Waals surface area contributed by atoms with Crippen molar-refractivity contribution in [2.24, 2.45) is 5.92 Å². The number of rotatable bonds is 5. The lowest BCUT2D eigenvalue weighted by molar-refractivity contribution is -0.141. The Labute approximate surface area is 144 Å². The molecule has 3 rings (SSSR count). The average molecular weight is 345 g/mol. The van der Waals surface area contributed by atoms with E-state index in [4.69, 9.17) is 0 Å². The number of carboxylic acid groups (broad SMARTS) is 1. The molecule has 1 aliphatic rings. The molecule has 7 heteroatoms. The lowest BCUT2D eigenvalue weighted by atomic mass is 9.89. The first kappa shape index (κ1) is 17.1. The molecule has 132 valence electrons. The van der Waals surface area contributed by atoms with Gasteiger partial charge in [-0.05, 0) is 30.7 Å². The third-order valence-electron chi connectivity index (χ3n) is 4.73. The zero-order chi connectivity index (χ0) is 18.0. The normalized spacial score (nSPS) is 20.0. The van der Waals surface area contributed by atoms with Gasteiger partial charge in [0.25, 0.3) is 0 Å². The van der Waals surface area contributed by atoms with Crippen LogP contribution in [0.3, 0.4) is 0 Å². The largest absolute Gasteiger partial charge is 0.481 e. The predicted octanol–water partition coefficient (Wildman–Crippen LogP) is 2.05. The summed E-state index contributed by atoms with van der Waals surface area (Å²) in [4.78, 5) is 25.6. The van der Waals surface area contributed by atoms with Crippen molar-refractivity contribution in [3.8, 4) is 0 Å². The van der Waals surface area contributed by atoms with Crippen LogP contribution in [0.25, 0.3) is 0 Å². The molecule has 0 unspecified atom stereocenters. The molecule has 1 aromatic heterocycles. The number of hydrogen-bond donors (Lipinski definition) is 1. The summed E-state index contributed by atoms with van der Waals surface area (Å²) in [5.74, 6) is -2.60. The van der Waals surface area contributed by atoms with Gasteiger partial charge in [-0.1, -0.05) is 12.1 Å². The van der Waals surface area contributed by atoms with Crippen molar-refractivity contribution >= 4 is 11.9 Å². The zero-order valence-electron chi connectivity index (χ0n) is 13.9. The Morgan fingerprint density at radius 2 is 2.12 bits per heavy atom. The molecule has 0 spiro atoms. The Bertz CT molecular complexity index is 789. The second-order valence-corrected chi connectivity index (χ2v) is 6.35. The summed E-state index contributed by atoms with van der Waals surface area (Å²) in [6.07, 6.45) is 1.93. The Hall–Kier alpha value is -2.70. The lowest BCUT2D eigenvalue weighted by Gasteiger charge is -2.17. The summed E-state index contributed by atoms with van der Waals surface area (Å²) in [5, 5.41) is 13.6. The number of aromatic nitrogens is 2. The van der Waals surface area contributed by atoms with E-state index < -0.39 is 23.6 Å². The van der Waals surface area contributed by atoms with Crippen LogP contribution in [0.4, 0.5) is 4.39 Å². The number of amides is 1. The number of carboxylic acids is 1. The van der Waals surface area contributed by atoms with Gasteiger partial charge in [0.1, 0.15) is 5.82 Å². The van der Waals surface area contributed by atoms with Gasteiger partial charge in [0.15, 0.2) is 0 Å². The van der Waals surface area contributed by atoms with E-state index >= 15 is 0 Å². The average Bonchev–Trinajstić information content (AvgIpc) is 3.19. The Morgan fingerprint density at radius 1 is 1.32 bits per heavy atom. The SMILES string of the molecule is Cc1ccnn1CCC(=O)N1C[C@H](C(=O)O)[C@@H](c2cccc(F)c2)C1. The van der Waals surface area contributed by atoms with Crippen LogP contribution in [0.5, 0.6) is 0 Å². The van der Waals surface area contributed by atoms with Gasteiger partial charge in [-0.3, -0.25) is 14.3 Å². The van der Waals surface area contributed by atoms with Crippen LogP contribution in [0, 0.1) is 18.7 Å². The molecular formula is C18H20FN3O3. The van der Waals surface area contributed by atoms with Gasteiger partial charge in [0.05, 0.1) is 5.92 Å². The van der Waals surface area contributed by atoms with Crippen molar-refractivity contribution < 1.29 is 19.1 Å². The molecule has 2 aromatic rings. The van der Waals surface area contributed by atoms with E-state index in [1.54, 1.807) is 27.9 Å². The number of aryl methyl sites for hydroxylation is 2. The molecule has 25 heavy (non-hydrogen) atoms. The number of benzene rings is 1. The Balaban J connectivity index is 1.70. The molecule has 0 saturated carbocycles. The molecule has 1 aromatic carbocycles. The summed E-state index contributed by atoms with van der Waals surface area (Å²) in [6, 6.07) is 7.81. The van der Waals surface area contributed by atoms with E-state index in [0.29, 0.717) is 12.1 Å². The highest BCUT2D eigenvalue weighted by Gasteiger charge is 2.40. The molecular weight excluding hydrogens is 325 g/mol. The number of carbonyl (C=O) groups is 2. The van der Waals surface area contributed by atoms with Gasteiger partial charge in [-0.2, -0.15) is 5.10 Å². The number of carbonyl (C=O) groups excluding carboxylic acids is 1. The smallest absolute Gasteiger partial charge is 0.308 e. The van der Waals surface area contributed by atoms with Crippen LogP contribution < -0.4 is 0 Å². The first-order chi connectivity index (χ1) is 12.0. The van der Waals surface area contributed by atoms with Crippen molar-refractivity contribution in [1.29, 1.82) is 0 Å². The monoisotopic (exact) mass is 345 g/mol. The first-order valence-electron chi connectivity index (χ1n) is 8.20. The van der Waals surface area contributed by atoms with Gasteiger partial charge >= 0.3 is 5.97 Å². The van der Waals surface area contributed by atoms with E-state index in [0.717, 1.165) is 5.69 Å². The van der Waals surface area contributed by atoms with Crippen LogP contribution in [0.1, 0.15) is 23.6 Å². The highest BCUT2D eigenvalue weighted by atomic mass is 19.1. The molecule has 1 aliphatic heterocycles. The zero-order valence-corrected chi connectivity index (χ0v) is 13.9. The maximum atomic E-state index is 13.5. The standard InChI is InChI=1S/C18H20FN3O3/c1-12-5-7-20-22(12)8-6-17(23)21-10-15(16(11-21)18(24)25)13-3-2-4-14(19)9-13/h2-5,7,9,15-16H,6,8,10-11H2,1H3,(H,24,25)/t15-,16+/m1/s1. The number of hydrogen-bond acceptors (Lipinski definition) is 3. The van der Waals surface area contributed by atoms with Crippen LogP contribution in [-0.4, -0.2) is 44.8 Å². The van der Waals surface area contributed by atoms with Gasteiger partial charge in [-0.25, -0.2) is 4.39 Å². The molecule has 0 radical (unpaired) electrons. The van der Waals surface area contributed by atoms with E-state index in [-0.39, 0.29) is 25.4 Å². The Kier molecular flexibility index (Phi) is 4.83. The van der Waals surface area contributed by atoms with Gasteiger partial charge in [0, 0.05) is 43.9 Å². The molecule has 0 aliphatic carbocycles. The highest BCUT2D eigenvalue weighted by Crippen LogP contribution is 2.33. The molecule has 1 N–H and O–H groups in total. The third kappa shape index (κ3) is 3.70. The maximum Gasteiger partial charge on any atom is 0.308 e. The number of aliphatic carboxylic acids is 1. The molecule has 1 amide bonds. The molecule has 6 nitrogen and oxygen atoms in total. The minimum absolute atomic E-state index is 0.111. The summed E-state index contributed by atoms with van der Waals surface area (Å²) in [5.41, 5.74) is 1.58. The summed E-state index contributed by atoms with van der Waals surface area (Å²) >= 11 is 0. The highest BCUT2D eigenvalue weighted by molar-refractivity contribution is 5.79. The number of halogens is 1. The van der Waals surface area contributed by atoms with Gasteiger partial charge in [0.2, 0.25) is 5.91 Å². The minimum Gasteiger partial charge on any atom is -0.481 e. The second-order valence-electron chi connectivity index (χ2n) is 6.35. The summed E-state index contributed by atoms with van der Waals surface area (Å²) < 4.78 is 15.2. The number of likely N-dealkylation sites (tertiary alicyclic amines) is 1. The summed E-state index contributed by atoms with van der Waals surface area (Å²) in [7, 11) is 0. The van der Waals surface area contributed by atoms with E-state index in [2.05, 4.69) is 5.10 Å². The van der Waals surface area contributed by atoms with Crippen molar-refractivity contribution in [1.82, 2.24) is 14.7 Å². The molecule has 2 heterocycles. The Morgan fingerprint density at radius 3 is 2.76 bits per heavy atom. The van der Waals surface area contributed by atoms with Crippen molar-refractivity contribution in [3.05, 3.63) is 53.6 Å². The second kappa shape index (κ2) is 7.04. The molecule has 1 saturated heterocycles. The predicted molar refractivity (Wildman–Crippen MR) is 88.4 cm³/mol. The van der Waals surface area contributed by atoms with Gasteiger partial charge in [-0.15, -0.1) is 0 Å². The van der Waals surface area contributed by atoms with Crippen molar-refractivity contribution in [3.63, 3.8) is 0 Å². The fourth-order valence-electron chi connectivity index (χ4n) is 3.33. The third-order valence-corrected chi connectivity index (χ3v) is 4.73. The quantitative estimate of drug-likeness (QED) is 0.900. The first-order valence-corrected chi connectivity index (χ1v) is 8.20. The fourth-order valence-corrected chi connectivity index (χ4v) is 3.33. The lowest BCUT2D eigenvalue weighted by Crippen LogP contribution is -2.30. The fraction of sp³-hybridized carbons (Fsp3) is 0.389. The van der Waals surface area contributed by atoms with E-state index in [1.807, 2.05) is 13.0 Å². The minimum atomic E-state index is -0.965. The van der Waals surface area contributed by atoms with Crippen LogP contribution in [0.2, 0.25) is 0 Å². The summed E-state index contributed by atoms with van der Waals surface area (Å²) in [6.45, 7) is 2.80. The van der Waals surface area contributed by atoms with Crippen molar-refractivity contribution in [2.45, 2.75) is 25.8 Å². The van der Waals surface area contributed by atoms with Crippen LogP contribution in [0.15, 0.2) is 36.5 Å². The maximum absolute atomic E-state index is 13.5. The van der Waals surface area contributed by atoms with E-state index in [1.165, 1.54) is 12.1 Å². The van der Waals surface area contributed by atoms with Crippen LogP contribution in [-0.2, 0) is 16.1 Å². The van der Waals surface area contributed by atoms with Crippen molar-refractivity contribution in [2.75, 3.05) is 13.1 Å². The van der Waals surface area contributed by atoms with Gasteiger partial charge < -0.3 is 10.0 Å².